The summed E-state index contributed by atoms with van der Waals surface area (Å²) in [5.41, 5.74) is 0.351. The molecule has 0 amide bonds. The highest BCUT2D eigenvalue weighted by Crippen LogP contribution is 2.25. The summed E-state index contributed by atoms with van der Waals surface area (Å²) in [5, 5.41) is 11.3. The average molecular weight is 324 g/mol. The van der Waals surface area contributed by atoms with Gasteiger partial charge in [-0.3, -0.25) is 15.1 Å². The Balaban J connectivity index is 1.87. The summed E-state index contributed by atoms with van der Waals surface area (Å²) in [5.74, 6) is -0.634. The quantitative estimate of drug-likeness (QED) is 0.766. The van der Waals surface area contributed by atoms with Gasteiger partial charge >= 0.3 is 11.9 Å². The Morgan fingerprint density at radius 2 is 2.32 bits per heavy atom. The Morgan fingerprint density at radius 3 is 2.95 bits per heavy atom. The Kier molecular flexibility index (Phi) is 5.42. The van der Waals surface area contributed by atoms with Crippen molar-refractivity contribution in [1.29, 1.82) is 0 Å². The molecule has 22 heavy (non-hydrogen) atoms. The largest absolute Gasteiger partial charge is 0.481 e. The standard InChI is InChI=1S/C15H20N2O4S/c1-15(2,7-10-4-3-5-16-8-10)21-14(20)13-17-11(9-22-13)6-12(18)19/h3-5,8,11,13,17H,6-7,9H2,1-2H3,(H,18,19). The van der Waals surface area contributed by atoms with E-state index in [-0.39, 0.29) is 18.4 Å². The monoisotopic (exact) mass is 324 g/mol. The average Bonchev–Trinajstić information content (AvgIpc) is 2.86. The third kappa shape index (κ3) is 4.99. The number of carboxylic acids is 1. The van der Waals surface area contributed by atoms with Crippen molar-refractivity contribution in [3.8, 4) is 0 Å². The molecule has 120 valence electrons. The molecular formula is C15H20N2O4S. The number of esters is 1. The molecule has 0 bridgehead atoms. The summed E-state index contributed by atoms with van der Waals surface area (Å²) < 4.78 is 5.58. The van der Waals surface area contributed by atoms with Crippen LogP contribution >= 0.6 is 11.8 Å². The van der Waals surface area contributed by atoms with Crippen LogP contribution in [-0.4, -0.2) is 44.8 Å². The van der Waals surface area contributed by atoms with Crippen molar-refractivity contribution in [3.05, 3.63) is 30.1 Å². The smallest absolute Gasteiger partial charge is 0.334 e. The second kappa shape index (κ2) is 7.11. The maximum atomic E-state index is 12.2. The predicted octanol–water partition coefficient (Wildman–Crippen LogP) is 1.45. The summed E-state index contributed by atoms with van der Waals surface area (Å²) in [6, 6.07) is 3.59. The van der Waals surface area contributed by atoms with Crippen LogP contribution in [0, 0.1) is 0 Å². The molecule has 1 aliphatic heterocycles. The fourth-order valence-electron chi connectivity index (χ4n) is 2.34. The number of aromatic nitrogens is 1. The highest BCUT2D eigenvalue weighted by Gasteiger charge is 2.35. The van der Waals surface area contributed by atoms with E-state index >= 15 is 0 Å². The minimum Gasteiger partial charge on any atom is -0.481 e. The highest BCUT2D eigenvalue weighted by atomic mass is 32.2. The first-order valence-corrected chi connectivity index (χ1v) is 8.12. The number of rotatable bonds is 6. The Hall–Kier alpha value is -1.60. The number of nitrogens with zero attached hydrogens (tertiary/aromatic N) is 1. The van der Waals surface area contributed by atoms with Gasteiger partial charge < -0.3 is 9.84 Å². The molecule has 2 unspecified atom stereocenters. The van der Waals surface area contributed by atoms with Gasteiger partial charge in [0.05, 0.1) is 6.42 Å². The maximum absolute atomic E-state index is 12.2. The van der Waals surface area contributed by atoms with Gasteiger partial charge in [-0.25, -0.2) is 4.79 Å². The molecule has 1 saturated heterocycles. The lowest BCUT2D eigenvalue weighted by Crippen LogP contribution is -2.41. The predicted molar refractivity (Wildman–Crippen MR) is 83.5 cm³/mol. The molecule has 1 aliphatic rings. The van der Waals surface area contributed by atoms with Gasteiger partial charge in [-0.1, -0.05) is 6.07 Å². The van der Waals surface area contributed by atoms with Gasteiger partial charge in [0.25, 0.3) is 0 Å². The van der Waals surface area contributed by atoms with Crippen LogP contribution in [0.3, 0.4) is 0 Å². The molecule has 1 aromatic rings. The normalized spacial score (nSPS) is 21.5. The Bertz CT molecular complexity index is 536. The van der Waals surface area contributed by atoms with Gasteiger partial charge in [0.2, 0.25) is 0 Å². The van der Waals surface area contributed by atoms with Crippen molar-refractivity contribution < 1.29 is 19.4 Å². The van der Waals surface area contributed by atoms with Crippen LogP contribution < -0.4 is 5.32 Å². The van der Waals surface area contributed by atoms with Gasteiger partial charge in [-0.2, -0.15) is 0 Å². The number of carbonyl (C=O) groups is 2. The molecule has 0 saturated carbocycles. The van der Waals surface area contributed by atoms with Crippen LogP contribution in [0.15, 0.2) is 24.5 Å². The Morgan fingerprint density at radius 1 is 1.55 bits per heavy atom. The van der Waals surface area contributed by atoms with E-state index in [9.17, 15) is 9.59 Å². The molecule has 2 N–H and O–H groups in total. The van der Waals surface area contributed by atoms with E-state index in [1.807, 2.05) is 26.0 Å². The van der Waals surface area contributed by atoms with Gasteiger partial charge in [-0.15, -0.1) is 11.8 Å². The van der Waals surface area contributed by atoms with Gasteiger partial charge in [0.1, 0.15) is 5.60 Å². The van der Waals surface area contributed by atoms with Crippen molar-refractivity contribution >= 4 is 23.7 Å². The summed E-state index contributed by atoms with van der Waals surface area (Å²) >= 11 is 1.39. The summed E-state index contributed by atoms with van der Waals surface area (Å²) in [6.45, 7) is 3.71. The molecule has 0 aliphatic carbocycles. The fourth-order valence-corrected chi connectivity index (χ4v) is 3.46. The van der Waals surface area contributed by atoms with Crippen LogP contribution in [-0.2, 0) is 20.7 Å². The van der Waals surface area contributed by atoms with Crippen molar-refractivity contribution in [2.24, 2.45) is 0 Å². The molecule has 1 aromatic heterocycles. The molecule has 7 heteroatoms. The number of hydrogen-bond donors (Lipinski definition) is 2. The topological polar surface area (TPSA) is 88.5 Å². The zero-order valence-electron chi connectivity index (χ0n) is 12.6. The highest BCUT2D eigenvalue weighted by molar-refractivity contribution is 8.00. The van der Waals surface area contributed by atoms with Gasteiger partial charge in [0.15, 0.2) is 5.37 Å². The van der Waals surface area contributed by atoms with Crippen LogP contribution in [0.4, 0.5) is 0 Å². The summed E-state index contributed by atoms with van der Waals surface area (Å²) in [6.07, 6.45) is 4.03. The van der Waals surface area contributed by atoms with E-state index in [2.05, 4.69) is 10.3 Å². The zero-order chi connectivity index (χ0) is 16.2. The number of carboxylic acid groups (broad SMARTS) is 1. The number of pyridine rings is 1. The van der Waals surface area contributed by atoms with E-state index in [0.717, 1.165) is 5.56 Å². The van der Waals surface area contributed by atoms with Crippen LogP contribution in [0.5, 0.6) is 0 Å². The van der Waals surface area contributed by atoms with E-state index in [1.165, 1.54) is 11.8 Å². The number of aliphatic carboxylic acids is 1. The second-order valence-electron chi connectivity index (χ2n) is 5.89. The number of hydrogen-bond acceptors (Lipinski definition) is 6. The summed E-state index contributed by atoms with van der Waals surface area (Å²) in [4.78, 5) is 27.0. The lowest BCUT2D eigenvalue weighted by atomic mass is 10.00. The van der Waals surface area contributed by atoms with Crippen molar-refractivity contribution in [2.45, 2.75) is 43.7 Å². The maximum Gasteiger partial charge on any atom is 0.334 e. The number of carbonyl (C=O) groups excluding carboxylic acids is 1. The number of thioether (sulfide) groups is 1. The molecule has 0 radical (unpaired) electrons. The molecule has 2 heterocycles. The zero-order valence-corrected chi connectivity index (χ0v) is 13.4. The SMILES string of the molecule is CC(C)(Cc1cccnc1)OC(=O)C1NC(CC(=O)O)CS1. The number of ether oxygens (including phenoxy) is 1. The van der Waals surface area contributed by atoms with Crippen molar-refractivity contribution in [3.63, 3.8) is 0 Å². The Labute approximate surface area is 133 Å². The van der Waals surface area contributed by atoms with E-state index < -0.39 is 16.9 Å². The van der Waals surface area contributed by atoms with E-state index in [0.29, 0.717) is 12.2 Å². The minimum atomic E-state index is -0.871. The minimum absolute atomic E-state index is 0.00978. The lowest BCUT2D eigenvalue weighted by molar-refractivity contribution is -0.156. The van der Waals surface area contributed by atoms with Gasteiger partial charge in [-0.05, 0) is 25.5 Å². The first-order valence-electron chi connectivity index (χ1n) is 7.07. The van der Waals surface area contributed by atoms with Crippen LogP contribution in [0.1, 0.15) is 25.8 Å². The molecule has 0 spiro atoms. The molecule has 2 rings (SSSR count). The first-order chi connectivity index (χ1) is 10.4. The fraction of sp³-hybridized carbons (Fsp3) is 0.533. The summed E-state index contributed by atoms with van der Waals surface area (Å²) in [7, 11) is 0. The van der Waals surface area contributed by atoms with Crippen LogP contribution in [0.2, 0.25) is 0 Å². The van der Waals surface area contributed by atoms with Crippen molar-refractivity contribution in [2.75, 3.05) is 5.75 Å². The van der Waals surface area contributed by atoms with Crippen molar-refractivity contribution in [1.82, 2.24) is 10.3 Å². The van der Waals surface area contributed by atoms with E-state index in [1.54, 1.807) is 12.4 Å². The first kappa shape index (κ1) is 16.8. The lowest BCUT2D eigenvalue weighted by Gasteiger charge is -2.26. The number of nitrogens with one attached hydrogen (secondary N) is 1. The molecule has 1 fully saturated rings. The van der Waals surface area contributed by atoms with E-state index in [4.69, 9.17) is 9.84 Å². The third-order valence-electron chi connectivity index (χ3n) is 3.22. The van der Waals surface area contributed by atoms with Crippen LogP contribution in [0.25, 0.3) is 0 Å². The molecule has 0 aromatic carbocycles. The molecule has 6 nitrogen and oxygen atoms in total. The third-order valence-corrected chi connectivity index (χ3v) is 4.47. The second-order valence-corrected chi connectivity index (χ2v) is 7.03. The molecule has 2 atom stereocenters. The van der Waals surface area contributed by atoms with Gasteiger partial charge in [0, 0.05) is 30.6 Å². The molecular weight excluding hydrogens is 304 g/mol.